The minimum atomic E-state index is -0.250. The van der Waals surface area contributed by atoms with Crippen LogP contribution in [0, 0.1) is 6.92 Å². The van der Waals surface area contributed by atoms with E-state index >= 15 is 0 Å². The van der Waals surface area contributed by atoms with Crippen molar-refractivity contribution in [2.24, 2.45) is 0 Å². The maximum atomic E-state index is 11.5. The first-order valence-corrected chi connectivity index (χ1v) is 7.11. The Bertz CT molecular complexity index is 436. The van der Waals surface area contributed by atoms with Gasteiger partial charge in [-0.05, 0) is 56.5 Å². The number of ether oxygens (including phenoxy) is 1. The summed E-state index contributed by atoms with van der Waals surface area (Å²) >= 11 is 0. The summed E-state index contributed by atoms with van der Waals surface area (Å²) in [5.41, 5.74) is 2.97. The highest BCUT2D eigenvalue weighted by Gasteiger charge is 2.11. The van der Waals surface area contributed by atoms with Gasteiger partial charge in [-0.25, -0.2) is 4.79 Å². The number of esters is 1. The van der Waals surface area contributed by atoms with Crippen molar-refractivity contribution in [3.8, 4) is 0 Å². The molecule has 0 radical (unpaired) electrons. The summed E-state index contributed by atoms with van der Waals surface area (Å²) in [7, 11) is 1.42. The molecule has 0 aromatic heterocycles. The highest BCUT2D eigenvalue weighted by atomic mass is 16.5. The van der Waals surface area contributed by atoms with E-state index in [-0.39, 0.29) is 5.97 Å². The number of hydrogen-bond acceptors (Lipinski definition) is 3. The van der Waals surface area contributed by atoms with Crippen molar-refractivity contribution in [3.63, 3.8) is 0 Å². The zero-order chi connectivity index (χ0) is 13.7. The van der Waals surface area contributed by atoms with E-state index in [0.29, 0.717) is 5.56 Å². The average molecular weight is 261 g/mol. The van der Waals surface area contributed by atoms with E-state index in [1.165, 1.54) is 45.0 Å². The number of piperidine rings is 1. The molecule has 1 heterocycles. The third-order valence-electron chi connectivity index (χ3n) is 3.86. The molecule has 1 saturated heterocycles. The van der Waals surface area contributed by atoms with E-state index in [1.54, 1.807) is 0 Å². The monoisotopic (exact) mass is 261 g/mol. The van der Waals surface area contributed by atoms with Crippen molar-refractivity contribution in [2.75, 3.05) is 26.7 Å². The van der Waals surface area contributed by atoms with Gasteiger partial charge in [-0.15, -0.1) is 0 Å². The number of carbonyl (C=O) groups is 1. The van der Waals surface area contributed by atoms with Gasteiger partial charge in [0, 0.05) is 6.54 Å². The van der Waals surface area contributed by atoms with Crippen molar-refractivity contribution < 1.29 is 9.53 Å². The zero-order valence-electron chi connectivity index (χ0n) is 11.9. The van der Waals surface area contributed by atoms with Gasteiger partial charge in [-0.1, -0.05) is 18.6 Å². The molecule has 3 nitrogen and oxygen atoms in total. The summed E-state index contributed by atoms with van der Waals surface area (Å²) < 4.78 is 4.76. The van der Waals surface area contributed by atoms with Crippen LogP contribution in [0.4, 0.5) is 0 Å². The maximum Gasteiger partial charge on any atom is 0.338 e. The topological polar surface area (TPSA) is 29.5 Å². The lowest BCUT2D eigenvalue weighted by atomic mass is 10.0. The van der Waals surface area contributed by atoms with Crippen molar-refractivity contribution in [1.29, 1.82) is 0 Å². The first-order valence-electron chi connectivity index (χ1n) is 7.11. The van der Waals surface area contributed by atoms with E-state index in [9.17, 15) is 4.79 Å². The van der Waals surface area contributed by atoms with Crippen molar-refractivity contribution >= 4 is 5.97 Å². The Morgan fingerprint density at radius 1 is 1.26 bits per heavy atom. The van der Waals surface area contributed by atoms with Crippen LogP contribution in [0.25, 0.3) is 0 Å². The normalized spacial score (nSPS) is 16.3. The summed E-state index contributed by atoms with van der Waals surface area (Å²) in [5.74, 6) is -0.250. The Kier molecular flexibility index (Phi) is 4.97. The summed E-state index contributed by atoms with van der Waals surface area (Å²) in [5, 5.41) is 0. The van der Waals surface area contributed by atoms with Gasteiger partial charge in [-0.2, -0.15) is 0 Å². The Labute approximate surface area is 115 Å². The zero-order valence-corrected chi connectivity index (χ0v) is 11.9. The van der Waals surface area contributed by atoms with Crippen LogP contribution in [0.3, 0.4) is 0 Å². The molecule has 0 amide bonds. The molecule has 0 atom stereocenters. The van der Waals surface area contributed by atoms with Gasteiger partial charge in [0.05, 0.1) is 12.7 Å². The third-order valence-corrected chi connectivity index (χ3v) is 3.86. The molecule has 0 unspecified atom stereocenters. The van der Waals surface area contributed by atoms with Gasteiger partial charge in [-0.3, -0.25) is 0 Å². The molecule has 1 aliphatic rings. The van der Waals surface area contributed by atoms with Crippen LogP contribution in [-0.4, -0.2) is 37.6 Å². The second kappa shape index (κ2) is 6.71. The first kappa shape index (κ1) is 14.1. The van der Waals surface area contributed by atoms with Gasteiger partial charge in [0.2, 0.25) is 0 Å². The number of rotatable bonds is 4. The molecule has 1 fully saturated rings. The summed E-state index contributed by atoms with van der Waals surface area (Å²) in [4.78, 5) is 14.1. The molecule has 0 bridgehead atoms. The van der Waals surface area contributed by atoms with E-state index in [0.717, 1.165) is 18.5 Å². The van der Waals surface area contributed by atoms with Gasteiger partial charge in [0.25, 0.3) is 0 Å². The van der Waals surface area contributed by atoms with Crippen molar-refractivity contribution in [3.05, 3.63) is 34.9 Å². The number of carbonyl (C=O) groups excluding carboxylic acids is 1. The fourth-order valence-electron chi connectivity index (χ4n) is 2.69. The highest BCUT2D eigenvalue weighted by Crippen LogP contribution is 2.14. The third kappa shape index (κ3) is 3.80. The number of benzene rings is 1. The highest BCUT2D eigenvalue weighted by molar-refractivity contribution is 5.90. The lowest BCUT2D eigenvalue weighted by Crippen LogP contribution is -2.31. The molecule has 1 aliphatic heterocycles. The first-order chi connectivity index (χ1) is 9.20. The number of aryl methyl sites for hydroxylation is 1. The van der Waals surface area contributed by atoms with Crippen LogP contribution < -0.4 is 0 Å². The Morgan fingerprint density at radius 3 is 2.63 bits per heavy atom. The molecule has 0 N–H and O–H groups in total. The predicted octanol–water partition coefficient (Wildman–Crippen LogP) is 2.81. The fourth-order valence-corrected chi connectivity index (χ4v) is 2.69. The van der Waals surface area contributed by atoms with E-state index in [4.69, 9.17) is 4.74 Å². The average Bonchev–Trinajstić information content (AvgIpc) is 2.45. The maximum absolute atomic E-state index is 11.5. The Balaban J connectivity index is 1.94. The number of nitrogens with zero attached hydrogens (tertiary/aromatic N) is 1. The predicted molar refractivity (Wildman–Crippen MR) is 76.5 cm³/mol. The van der Waals surface area contributed by atoms with E-state index in [2.05, 4.69) is 11.0 Å². The molecule has 104 valence electrons. The number of hydrogen-bond donors (Lipinski definition) is 0. The molecule has 2 rings (SSSR count). The number of likely N-dealkylation sites (tertiary alicyclic amines) is 1. The minimum absolute atomic E-state index is 0.250. The van der Waals surface area contributed by atoms with Crippen LogP contribution in [0.15, 0.2) is 18.2 Å². The summed E-state index contributed by atoms with van der Waals surface area (Å²) in [6.07, 6.45) is 5.10. The Hall–Kier alpha value is -1.35. The lowest BCUT2D eigenvalue weighted by molar-refractivity contribution is 0.0600. The Morgan fingerprint density at radius 2 is 2.00 bits per heavy atom. The molecule has 19 heavy (non-hydrogen) atoms. The van der Waals surface area contributed by atoms with Gasteiger partial charge in [0.1, 0.15) is 0 Å². The molecule has 0 saturated carbocycles. The summed E-state index contributed by atoms with van der Waals surface area (Å²) in [6.45, 7) is 5.56. The molecule has 3 heteroatoms. The molecule has 0 aliphatic carbocycles. The molecular weight excluding hydrogens is 238 g/mol. The van der Waals surface area contributed by atoms with Crippen LogP contribution in [-0.2, 0) is 11.2 Å². The molecule has 0 spiro atoms. The quantitative estimate of drug-likeness (QED) is 0.781. The van der Waals surface area contributed by atoms with E-state index in [1.807, 2.05) is 19.1 Å². The van der Waals surface area contributed by atoms with Crippen LogP contribution >= 0.6 is 0 Å². The lowest BCUT2D eigenvalue weighted by Gasteiger charge is -2.26. The van der Waals surface area contributed by atoms with Crippen molar-refractivity contribution in [2.45, 2.75) is 32.6 Å². The fraction of sp³-hybridized carbons (Fsp3) is 0.562. The number of methoxy groups -OCH3 is 1. The standard InChI is InChI=1S/C16H23NO2/c1-13-12-14(6-7-15(13)16(18)19-2)8-11-17-9-4-3-5-10-17/h6-7,12H,3-5,8-11H2,1-2H3. The largest absolute Gasteiger partial charge is 0.465 e. The second-order valence-corrected chi connectivity index (χ2v) is 5.29. The minimum Gasteiger partial charge on any atom is -0.465 e. The van der Waals surface area contributed by atoms with Crippen LogP contribution in [0.5, 0.6) is 0 Å². The SMILES string of the molecule is COC(=O)c1ccc(CCN2CCCCC2)cc1C. The van der Waals surface area contributed by atoms with Gasteiger partial charge < -0.3 is 9.64 Å². The van der Waals surface area contributed by atoms with Crippen molar-refractivity contribution in [1.82, 2.24) is 4.90 Å². The smallest absolute Gasteiger partial charge is 0.338 e. The molecule has 1 aromatic carbocycles. The van der Waals surface area contributed by atoms with Crippen LogP contribution in [0.2, 0.25) is 0 Å². The summed E-state index contributed by atoms with van der Waals surface area (Å²) in [6, 6.07) is 6.03. The van der Waals surface area contributed by atoms with Gasteiger partial charge >= 0.3 is 5.97 Å². The van der Waals surface area contributed by atoms with Crippen LogP contribution in [0.1, 0.15) is 40.7 Å². The van der Waals surface area contributed by atoms with Gasteiger partial charge in [0.15, 0.2) is 0 Å². The van der Waals surface area contributed by atoms with E-state index < -0.39 is 0 Å². The molecular formula is C16H23NO2. The molecule has 1 aromatic rings. The second-order valence-electron chi connectivity index (χ2n) is 5.29.